The number of unbranched alkanes of at least 4 members (excludes halogenated alkanes) is 2. The fourth-order valence-corrected chi connectivity index (χ4v) is 1.71. The van der Waals surface area contributed by atoms with Crippen molar-refractivity contribution in [2.45, 2.75) is 44.6 Å². The van der Waals surface area contributed by atoms with Gasteiger partial charge in [0.1, 0.15) is 12.2 Å². The summed E-state index contributed by atoms with van der Waals surface area (Å²) in [7, 11) is 0. The van der Waals surface area contributed by atoms with Crippen molar-refractivity contribution in [3.8, 4) is 0 Å². The minimum absolute atomic E-state index is 0.703. The fraction of sp³-hybridized carbons (Fsp3) is 0.800. The lowest BCUT2D eigenvalue weighted by Crippen LogP contribution is -2.02. The van der Waals surface area contributed by atoms with E-state index in [1.807, 2.05) is 6.33 Å². The van der Waals surface area contributed by atoms with Gasteiger partial charge in [-0.2, -0.15) is 0 Å². The van der Waals surface area contributed by atoms with Crippen LogP contribution in [0.4, 0.5) is 0 Å². The van der Waals surface area contributed by atoms with E-state index in [1.54, 1.807) is 0 Å². The summed E-state index contributed by atoms with van der Waals surface area (Å²) in [6.45, 7) is 0.801. The van der Waals surface area contributed by atoms with Crippen molar-refractivity contribution >= 4 is 0 Å². The Bertz CT molecular complexity index is 277. The lowest BCUT2D eigenvalue weighted by atomic mass is 10.2. The largest absolute Gasteiger partial charge is 0.330 e. The van der Waals surface area contributed by atoms with Gasteiger partial charge in [0.25, 0.3) is 0 Å². The third-order valence-electron chi connectivity index (χ3n) is 2.69. The highest BCUT2D eigenvalue weighted by atomic mass is 15.3. The molecule has 0 saturated heterocycles. The molecule has 0 amide bonds. The van der Waals surface area contributed by atoms with Crippen LogP contribution >= 0.6 is 0 Å². The molecule has 0 spiro atoms. The number of hydrogen-bond acceptors (Lipinski definition) is 3. The molecule has 1 fully saturated rings. The zero-order valence-corrected chi connectivity index (χ0v) is 8.52. The molecule has 4 heteroatoms. The molecule has 1 heterocycles. The number of rotatable bonds is 6. The summed E-state index contributed by atoms with van der Waals surface area (Å²) in [5.41, 5.74) is 5.44. The van der Waals surface area contributed by atoms with Gasteiger partial charge in [0.15, 0.2) is 0 Å². The summed E-state index contributed by atoms with van der Waals surface area (Å²) in [6.07, 6.45) is 9.03. The molecule has 0 aromatic carbocycles. The third kappa shape index (κ3) is 2.32. The first kappa shape index (κ1) is 9.65. The molecule has 14 heavy (non-hydrogen) atoms. The maximum Gasteiger partial charge on any atom is 0.133 e. The molecule has 0 unspecified atom stereocenters. The number of aromatic nitrogens is 3. The molecule has 0 atom stereocenters. The Balaban J connectivity index is 1.80. The predicted octanol–water partition coefficient (Wildman–Crippen LogP) is 1.28. The van der Waals surface area contributed by atoms with Gasteiger partial charge < -0.3 is 10.3 Å². The Hall–Kier alpha value is -0.900. The van der Waals surface area contributed by atoms with Crippen LogP contribution in [0.15, 0.2) is 6.33 Å². The second kappa shape index (κ2) is 4.55. The molecule has 0 radical (unpaired) electrons. The summed E-state index contributed by atoms with van der Waals surface area (Å²) in [6, 6.07) is 0.703. The Morgan fingerprint density at radius 1 is 1.36 bits per heavy atom. The van der Waals surface area contributed by atoms with Crippen LogP contribution in [0.25, 0.3) is 0 Å². The summed E-state index contributed by atoms with van der Waals surface area (Å²) in [5.74, 6) is 1.16. The molecule has 1 aromatic heterocycles. The van der Waals surface area contributed by atoms with Crippen molar-refractivity contribution in [1.82, 2.24) is 14.8 Å². The Kier molecular flexibility index (Phi) is 3.14. The molecule has 1 aliphatic carbocycles. The maximum absolute atomic E-state index is 5.44. The minimum atomic E-state index is 0.703. The van der Waals surface area contributed by atoms with E-state index in [1.165, 1.54) is 25.7 Å². The van der Waals surface area contributed by atoms with Gasteiger partial charge in [0.2, 0.25) is 0 Å². The van der Waals surface area contributed by atoms with E-state index in [0.29, 0.717) is 6.04 Å². The Labute approximate surface area is 84.5 Å². The maximum atomic E-state index is 5.44. The molecule has 0 bridgehead atoms. The van der Waals surface area contributed by atoms with E-state index in [9.17, 15) is 0 Å². The van der Waals surface area contributed by atoms with Crippen molar-refractivity contribution in [3.63, 3.8) is 0 Å². The highest BCUT2D eigenvalue weighted by Crippen LogP contribution is 2.35. The van der Waals surface area contributed by atoms with E-state index in [0.717, 1.165) is 25.2 Å². The van der Waals surface area contributed by atoms with Crippen molar-refractivity contribution in [1.29, 1.82) is 0 Å². The highest BCUT2D eigenvalue weighted by molar-refractivity contribution is 4.94. The number of aryl methyl sites for hydroxylation is 1. The average molecular weight is 194 g/mol. The topological polar surface area (TPSA) is 56.7 Å². The SMILES string of the molecule is NCCCCCc1nncn1C1CC1. The molecular weight excluding hydrogens is 176 g/mol. The number of hydrogen-bond donors (Lipinski definition) is 1. The van der Waals surface area contributed by atoms with Crippen LogP contribution < -0.4 is 5.73 Å². The first-order chi connectivity index (χ1) is 6.92. The number of nitrogens with zero attached hydrogens (tertiary/aromatic N) is 3. The zero-order valence-electron chi connectivity index (χ0n) is 8.52. The molecular formula is C10H18N4. The lowest BCUT2D eigenvalue weighted by Gasteiger charge is -2.03. The predicted molar refractivity (Wildman–Crippen MR) is 54.9 cm³/mol. The normalized spacial score (nSPS) is 16.1. The van der Waals surface area contributed by atoms with Crippen LogP contribution in [0.1, 0.15) is 44.0 Å². The second-order valence-electron chi connectivity index (χ2n) is 3.98. The monoisotopic (exact) mass is 194 g/mol. The van der Waals surface area contributed by atoms with Crippen molar-refractivity contribution in [2.24, 2.45) is 5.73 Å². The first-order valence-corrected chi connectivity index (χ1v) is 5.50. The van der Waals surface area contributed by atoms with Gasteiger partial charge in [-0.1, -0.05) is 6.42 Å². The van der Waals surface area contributed by atoms with E-state index in [2.05, 4.69) is 14.8 Å². The Morgan fingerprint density at radius 2 is 2.21 bits per heavy atom. The third-order valence-corrected chi connectivity index (χ3v) is 2.69. The molecule has 1 saturated carbocycles. The molecule has 2 rings (SSSR count). The van der Waals surface area contributed by atoms with Gasteiger partial charge in [-0.05, 0) is 32.2 Å². The van der Waals surface area contributed by atoms with Gasteiger partial charge in [0, 0.05) is 12.5 Å². The van der Waals surface area contributed by atoms with Crippen LogP contribution in [-0.4, -0.2) is 21.3 Å². The van der Waals surface area contributed by atoms with Gasteiger partial charge >= 0.3 is 0 Å². The summed E-state index contributed by atoms with van der Waals surface area (Å²) in [5, 5.41) is 8.13. The van der Waals surface area contributed by atoms with Gasteiger partial charge in [-0.25, -0.2) is 0 Å². The first-order valence-electron chi connectivity index (χ1n) is 5.50. The van der Waals surface area contributed by atoms with Crippen LogP contribution in [0, 0.1) is 0 Å². The molecule has 4 nitrogen and oxygen atoms in total. The van der Waals surface area contributed by atoms with E-state index >= 15 is 0 Å². The van der Waals surface area contributed by atoms with Crippen LogP contribution in [0.2, 0.25) is 0 Å². The van der Waals surface area contributed by atoms with Crippen LogP contribution in [0.3, 0.4) is 0 Å². The molecule has 78 valence electrons. The van der Waals surface area contributed by atoms with Crippen LogP contribution in [0.5, 0.6) is 0 Å². The number of nitrogens with two attached hydrogens (primary N) is 1. The van der Waals surface area contributed by atoms with Crippen molar-refractivity contribution in [3.05, 3.63) is 12.2 Å². The second-order valence-corrected chi connectivity index (χ2v) is 3.98. The van der Waals surface area contributed by atoms with E-state index in [-0.39, 0.29) is 0 Å². The minimum Gasteiger partial charge on any atom is -0.330 e. The summed E-state index contributed by atoms with van der Waals surface area (Å²) in [4.78, 5) is 0. The van der Waals surface area contributed by atoms with Crippen molar-refractivity contribution in [2.75, 3.05) is 6.54 Å². The zero-order chi connectivity index (χ0) is 9.80. The van der Waals surface area contributed by atoms with Crippen molar-refractivity contribution < 1.29 is 0 Å². The van der Waals surface area contributed by atoms with Gasteiger partial charge in [-0.15, -0.1) is 10.2 Å². The van der Waals surface area contributed by atoms with E-state index in [4.69, 9.17) is 5.73 Å². The lowest BCUT2D eigenvalue weighted by molar-refractivity contribution is 0.623. The highest BCUT2D eigenvalue weighted by Gasteiger charge is 2.25. The molecule has 2 N–H and O–H groups in total. The Morgan fingerprint density at radius 3 is 2.93 bits per heavy atom. The molecule has 0 aliphatic heterocycles. The quantitative estimate of drug-likeness (QED) is 0.694. The fourth-order valence-electron chi connectivity index (χ4n) is 1.71. The standard InChI is InChI=1S/C10H18N4/c11-7-3-1-2-4-10-13-12-8-14(10)9-5-6-9/h8-9H,1-7,11H2. The summed E-state index contributed by atoms with van der Waals surface area (Å²) >= 11 is 0. The smallest absolute Gasteiger partial charge is 0.133 e. The average Bonchev–Trinajstić information content (AvgIpc) is 2.94. The van der Waals surface area contributed by atoms with Crippen LogP contribution in [-0.2, 0) is 6.42 Å². The van der Waals surface area contributed by atoms with E-state index < -0.39 is 0 Å². The van der Waals surface area contributed by atoms with Gasteiger partial charge in [0.05, 0.1) is 0 Å². The molecule has 1 aliphatic rings. The molecule has 1 aromatic rings. The summed E-state index contributed by atoms with van der Waals surface area (Å²) < 4.78 is 2.24. The van der Waals surface area contributed by atoms with Gasteiger partial charge in [-0.3, -0.25) is 0 Å².